The van der Waals surface area contributed by atoms with E-state index in [1.807, 2.05) is 0 Å². The van der Waals surface area contributed by atoms with Crippen LogP contribution in [0.25, 0.3) is 0 Å². The number of carbonyl (C=O) groups excluding carboxylic acids is 2. The monoisotopic (exact) mass is 393 g/mol. The zero-order valence-electron chi connectivity index (χ0n) is 17.5. The first-order valence-corrected chi connectivity index (χ1v) is 10.9. The molecular weight excluding hydrogens is 354 g/mol. The summed E-state index contributed by atoms with van der Waals surface area (Å²) >= 11 is 0. The fourth-order valence-corrected chi connectivity index (χ4v) is 3.17. The number of aromatic nitrogens is 2. The normalized spacial score (nSPS) is 11.9. The topological polar surface area (TPSA) is 113 Å². The predicted molar refractivity (Wildman–Crippen MR) is 113 cm³/mol. The molecule has 0 aliphatic carbocycles. The highest BCUT2D eigenvalue weighted by molar-refractivity contribution is 5.87. The Morgan fingerprint density at radius 3 is 2.29 bits per heavy atom. The van der Waals surface area contributed by atoms with Gasteiger partial charge in [0, 0.05) is 37.8 Å². The fourth-order valence-electron chi connectivity index (χ4n) is 3.17. The van der Waals surface area contributed by atoms with Crippen molar-refractivity contribution in [3.63, 3.8) is 0 Å². The Morgan fingerprint density at radius 2 is 1.71 bits per heavy atom. The minimum atomic E-state index is -0.609. The van der Waals surface area contributed by atoms with E-state index < -0.39 is 6.04 Å². The van der Waals surface area contributed by atoms with E-state index in [-0.39, 0.29) is 24.8 Å². The molecule has 0 saturated carbocycles. The van der Waals surface area contributed by atoms with E-state index in [1.165, 1.54) is 51.4 Å². The maximum Gasteiger partial charge on any atom is 0.242 e. The molecular formula is C21H39N5O2. The molecule has 1 aromatic heterocycles. The van der Waals surface area contributed by atoms with Crippen molar-refractivity contribution >= 4 is 11.8 Å². The smallest absolute Gasteiger partial charge is 0.242 e. The van der Waals surface area contributed by atoms with Crippen LogP contribution in [0.2, 0.25) is 0 Å². The largest absolute Gasteiger partial charge is 0.354 e. The number of hydrogen-bond donors (Lipinski definition) is 4. The lowest BCUT2D eigenvalue weighted by Crippen LogP contribution is -2.48. The van der Waals surface area contributed by atoms with Crippen molar-refractivity contribution in [2.75, 3.05) is 13.1 Å². The molecule has 1 heterocycles. The number of nitrogens with one attached hydrogen (secondary N) is 3. The van der Waals surface area contributed by atoms with Gasteiger partial charge in [-0.25, -0.2) is 4.98 Å². The number of amides is 2. The molecule has 7 heteroatoms. The molecule has 0 aromatic carbocycles. The van der Waals surface area contributed by atoms with E-state index in [1.54, 1.807) is 12.5 Å². The molecule has 0 aliphatic heterocycles. The third-order valence-corrected chi connectivity index (χ3v) is 4.83. The van der Waals surface area contributed by atoms with Crippen LogP contribution in [0.15, 0.2) is 12.5 Å². The summed E-state index contributed by atoms with van der Waals surface area (Å²) in [6.45, 7) is 3.15. The minimum absolute atomic E-state index is 0.157. The Balaban J connectivity index is 2.18. The van der Waals surface area contributed by atoms with Gasteiger partial charge in [-0.15, -0.1) is 0 Å². The molecule has 0 bridgehead atoms. The lowest BCUT2D eigenvalue weighted by Gasteiger charge is -2.18. The summed E-state index contributed by atoms with van der Waals surface area (Å²) in [6.07, 6.45) is 16.4. The Labute approximate surface area is 169 Å². The van der Waals surface area contributed by atoms with Crippen LogP contribution in [0.5, 0.6) is 0 Å². The highest BCUT2D eigenvalue weighted by Crippen LogP contribution is 2.10. The number of rotatable bonds is 17. The molecule has 160 valence electrons. The molecule has 0 aliphatic rings. The van der Waals surface area contributed by atoms with E-state index in [2.05, 4.69) is 27.5 Å². The molecule has 28 heavy (non-hydrogen) atoms. The lowest BCUT2D eigenvalue weighted by molar-refractivity contribution is -0.128. The number of aromatic amines is 1. The van der Waals surface area contributed by atoms with Crippen molar-refractivity contribution in [3.05, 3.63) is 18.2 Å². The van der Waals surface area contributed by atoms with Crippen molar-refractivity contribution in [3.8, 4) is 0 Å². The molecule has 1 rings (SSSR count). The third-order valence-electron chi connectivity index (χ3n) is 4.83. The molecule has 0 spiro atoms. The summed E-state index contributed by atoms with van der Waals surface area (Å²) in [5, 5.41) is 5.72. The van der Waals surface area contributed by atoms with Crippen LogP contribution in [-0.4, -0.2) is 40.9 Å². The second-order valence-electron chi connectivity index (χ2n) is 7.41. The number of unbranched alkanes of at least 4 members (excludes halogenated alkanes) is 9. The first-order valence-electron chi connectivity index (χ1n) is 10.9. The number of nitrogens with zero attached hydrogens (tertiary/aromatic N) is 1. The first kappa shape index (κ1) is 24.1. The molecule has 0 radical (unpaired) electrons. The predicted octanol–water partition coefficient (Wildman–Crippen LogP) is 2.82. The van der Waals surface area contributed by atoms with Gasteiger partial charge in [0.15, 0.2) is 0 Å². The Kier molecular flexibility index (Phi) is 13.9. The average molecular weight is 394 g/mol. The van der Waals surface area contributed by atoms with Crippen LogP contribution < -0.4 is 16.4 Å². The van der Waals surface area contributed by atoms with E-state index in [4.69, 9.17) is 5.73 Å². The maximum absolute atomic E-state index is 12.5. The molecule has 7 nitrogen and oxygen atoms in total. The quantitative estimate of drug-likeness (QED) is 0.305. The van der Waals surface area contributed by atoms with Gasteiger partial charge in [0.2, 0.25) is 11.8 Å². The number of carbonyl (C=O) groups is 2. The number of imidazole rings is 1. The van der Waals surface area contributed by atoms with Crippen molar-refractivity contribution in [1.29, 1.82) is 0 Å². The third kappa shape index (κ3) is 11.7. The van der Waals surface area contributed by atoms with E-state index in [0.29, 0.717) is 13.0 Å². The number of hydrogen-bond acceptors (Lipinski definition) is 4. The standard InChI is InChI=1S/C21H39N5O2/c1-2-3-4-5-6-7-8-9-10-11-14-24-21(28)19(26-20(27)12-13-22)15-18-16-23-17-25-18/h16-17,19H,2-15,22H2,1H3,(H,23,25)(H,24,28)(H,26,27)/t19-/m0/s1. The second-order valence-corrected chi connectivity index (χ2v) is 7.41. The first-order chi connectivity index (χ1) is 13.7. The molecule has 1 atom stereocenters. The number of nitrogens with two attached hydrogens (primary N) is 1. The van der Waals surface area contributed by atoms with E-state index in [0.717, 1.165) is 18.5 Å². The van der Waals surface area contributed by atoms with Crippen molar-refractivity contribution in [2.45, 2.75) is 90.0 Å². The van der Waals surface area contributed by atoms with Gasteiger partial charge in [0.05, 0.1) is 6.33 Å². The molecule has 0 unspecified atom stereocenters. The van der Waals surface area contributed by atoms with Gasteiger partial charge in [-0.1, -0.05) is 64.7 Å². The highest BCUT2D eigenvalue weighted by atomic mass is 16.2. The molecule has 0 saturated heterocycles. The summed E-state index contributed by atoms with van der Waals surface area (Å²) in [5.41, 5.74) is 6.23. The van der Waals surface area contributed by atoms with Gasteiger partial charge in [0.25, 0.3) is 0 Å². The van der Waals surface area contributed by atoms with E-state index >= 15 is 0 Å². The van der Waals surface area contributed by atoms with Crippen LogP contribution in [0.3, 0.4) is 0 Å². The Hall–Kier alpha value is -1.89. The van der Waals surface area contributed by atoms with Crippen molar-refractivity contribution in [2.24, 2.45) is 5.73 Å². The highest BCUT2D eigenvalue weighted by Gasteiger charge is 2.21. The minimum Gasteiger partial charge on any atom is -0.354 e. The summed E-state index contributed by atoms with van der Waals surface area (Å²) in [5.74, 6) is -0.364. The summed E-state index contributed by atoms with van der Waals surface area (Å²) < 4.78 is 0. The van der Waals surface area contributed by atoms with Gasteiger partial charge < -0.3 is 21.4 Å². The summed E-state index contributed by atoms with van der Waals surface area (Å²) in [4.78, 5) is 31.3. The van der Waals surface area contributed by atoms with Gasteiger partial charge in [0.1, 0.15) is 6.04 Å². The van der Waals surface area contributed by atoms with Gasteiger partial charge in [-0.05, 0) is 6.42 Å². The average Bonchev–Trinajstić information content (AvgIpc) is 3.18. The van der Waals surface area contributed by atoms with Gasteiger partial charge in [-0.3, -0.25) is 9.59 Å². The summed E-state index contributed by atoms with van der Waals surface area (Å²) in [6, 6.07) is -0.609. The lowest BCUT2D eigenvalue weighted by atomic mass is 10.1. The zero-order chi connectivity index (χ0) is 20.5. The van der Waals surface area contributed by atoms with Crippen LogP contribution in [0, 0.1) is 0 Å². The second kappa shape index (κ2) is 16.1. The molecule has 0 fully saturated rings. The van der Waals surface area contributed by atoms with Crippen LogP contribution in [0.4, 0.5) is 0 Å². The van der Waals surface area contributed by atoms with Crippen molar-refractivity contribution < 1.29 is 9.59 Å². The Morgan fingerprint density at radius 1 is 1.07 bits per heavy atom. The van der Waals surface area contributed by atoms with Crippen LogP contribution >= 0.6 is 0 Å². The SMILES string of the molecule is CCCCCCCCCCCCNC(=O)[C@H](Cc1cnc[nH]1)NC(=O)CCN. The fraction of sp³-hybridized carbons (Fsp3) is 0.762. The van der Waals surface area contributed by atoms with Crippen LogP contribution in [0.1, 0.15) is 83.2 Å². The van der Waals surface area contributed by atoms with Crippen LogP contribution in [-0.2, 0) is 16.0 Å². The molecule has 1 aromatic rings. The molecule has 2 amide bonds. The maximum atomic E-state index is 12.5. The van der Waals surface area contributed by atoms with Gasteiger partial charge in [-0.2, -0.15) is 0 Å². The Bertz CT molecular complexity index is 519. The van der Waals surface area contributed by atoms with Gasteiger partial charge >= 0.3 is 0 Å². The summed E-state index contributed by atoms with van der Waals surface area (Å²) in [7, 11) is 0. The van der Waals surface area contributed by atoms with Crippen molar-refractivity contribution in [1.82, 2.24) is 20.6 Å². The number of H-pyrrole nitrogens is 1. The molecule has 5 N–H and O–H groups in total. The van der Waals surface area contributed by atoms with E-state index in [9.17, 15) is 9.59 Å². The zero-order valence-corrected chi connectivity index (χ0v) is 17.5.